The summed E-state index contributed by atoms with van der Waals surface area (Å²) in [6.45, 7) is 1.63. The van der Waals surface area contributed by atoms with E-state index in [1.54, 1.807) is 31.2 Å². The average molecular weight is 482 g/mol. The molecular formula is C24H15F5N6. The quantitative estimate of drug-likeness (QED) is 0.316. The second-order valence-corrected chi connectivity index (χ2v) is 7.44. The van der Waals surface area contributed by atoms with E-state index in [1.165, 1.54) is 6.20 Å². The lowest BCUT2D eigenvalue weighted by molar-refractivity contribution is -0.137. The first-order valence-electron chi connectivity index (χ1n) is 10.0. The topological polar surface area (TPSA) is 86.5 Å². The van der Waals surface area contributed by atoms with E-state index in [1.807, 2.05) is 6.07 Å². The summed E-state index contributed by atoms with van der Waals surface area (Å²) in [5, 5.41) is 14.4. The molecule has 11 heteroatoms. The van der Waals surface area contributed by atoms with Crippen molar-refractivity contribution in [2.75, 3.05) is 10.6 Å². The number of pyridine rings is 1. The standard InChI is InChI=1S/C24H15F5N6/c1-13-10-32-23(33-18-4-2-14(9-30)3-5-18)35-22(13)34-21-19(25)7-15(8-20(21)26)16-6-17(12-31-11-16)24(27,28)29/h2-8,10-12H,1H3,(H2,32,33,34,35). The Bertz CT molecular complexity index is 1410. The van der Waals surface area contributed by atoms with Gasteiger partial charge in [0.05, 0.1) is 17.2 Å². The van der Waals surface area contributed by atoms with Gasteiger partial charge in [0.1, 0.15) is 23.1 Å². The van der Waals surface area contributed by atoms with Gasteiger partial charge in [0.2, 0.25) is 5.95 Å². The second kappa shape index (κ2) is 9.34. The summed E-state index contributed by atoms with van der Waals surface area (Å²) >= 11 is 0. The zero-order chi connectivity index (χ0) is 25.2. The fraction of sp³-hybridized carbons (Fsp3) is 0.0833. The van der Waals surface area contributed by atoms with Gasteiger partial charge < -0.3 is 10.6 Å². The molecule has 4 aromatic rings. The molecule has 0 bridgehead atoms. The first-order chi connectivity index (χ1) is 16.6. The summed E-state index contributed by atoms with van der Waals surface area (Å²) in [6, 6.07) is 11.1. The maximum atomic E-state index is 14.8. The summed E-state index contributed by atoms with van der Waals surface area (Å²) in [6.07, 6.45) is -1.48. The Morgan fingerprint density at radius 1 is 0.886 bits per heavy atom. The molecule has 176 valence electrons. The van der Waals surface area contributed by atoms with Gasteiger partial charge in [0.15, 0.2) is 0 Å². The number of rotatable bonds is 5. The Kier molecular flexibility index (Phi) is 6.29. The van der Waals surface area contributed by atoms with Crippen LogP contribution < -0.4 is 10.6 Å². The number of hydrogen-bond donors (Lipinski definition) is 2. The highest BCUT2D eigenvalue weighted by molar-refractivity contribution is 5.70. The first kappa shape index (κ1) is 23.6. The third-order valence-corrected chi connectivity index (χ3v) is 4.93. The predicted octanol–water partition coefficient (Wildman–Crippen LogP) is 6.50. The van der Waals surface area contributed by atoms with Crippen LogP contribution in [-0.2, 0) is 6.18 Å². The van der Waals surface area contributed by atoms with Crippen LogP contribution in [0.1, 0.15) is 16.7 Å². The Morgan fingerprint density at radius 2 is 1.57 bits per heavy atom. The molecule has 0 aliphatic carbocycles. The number of halogens is 5. The number of aromatic nitrogens is 3. The SMILES string of the molecule is Cc1cnc(Nc2ccc(C#N)cc2)nc1Nc1c(F)cc(-c2cncc(C(F)(F)F)c2)cc1F. The smallest absolute Gasteiger partial charge is 0.335 e. The van der Waals surface area contributed by atoms with Crippen LogP contribution in [0.4, 0.5) is 45.1 Å². The van der Waals surface area contributed by atoms with Gasteiger partial charge >= 0.3 is 6.18 Å². The van der Waals surface area contributed by atoms with Gasteiger partial charge in [-0.2, -0.15) is 23.4 Å². The molecule has 0 spiro atoms. The minimum atomic E-state index is -4.64. The van der Waals surface area contributed by atoms with Crippen LogP contribution >= 0.6 is 0 Å². The van der Waals surface area contributed by atoms with Crippen molar-refractivity contribution in [2.24, 2.45) is 0 Å². The van der Waals surface area contributed by atoms with E-state index in [0.29, 0.717) is 23.0 Å². The van der Waals surface area contributed by atoms with Crippen molar-refractivity contribution in [3.8, 4) is 17.2 Å². The van der Waals surface area contributed by atoms with Crippen LogP contribution in [0.15, 0.2) is 61.1 Å². The van der Waals surface area contributed by atoms with Crippen molar-refractivity contribution < 1.29 is 22.0 Å². The third-order valence-electron chi connectivity index (χ3n) is 4.93. The molecule has 6 nitrogen and oxygen atoms in total. The van der Waals surface area contributed by atoms with Crippen LogP contribution in [0.5, 0.6) is 0 Å². The fourth-order valence-corrected chi connectivity index (χ4v) is 3.12. The molecule has 0 fully saturated rings. The summed E-state index contributed by atoms with van der Waals surface area (Å²) in [7, 11) is 0. The Labute approximate surface area is 196 Å². The third kappa shape index (κ3) is 5.33. The van der Waals surface area contributed by atoms with Gasteiger partial charge in [-0.1, -0.05) is 0 Å². The molecule has 0 atom stereocenters. The Morgan fingerprint density at radius 3 is 2.20 bits per heavy atom. The lowest BCUT2D eigenvalue weighted by Crippen LogP contribution is -2.06. The average Bonchev–Trinajstić information content (AvgIpc) is 2.83. The molecule has 0 amide bonds. The van der Waals surface area contributed by atoms with Gasteiger partial charge in [0.25, 0.3) is 0 Å². The van der Waals surface area contributed by atoms with E-state index in [2.05, 4.69) is 25.6 Å². The monoisotopic (exact) mass is 482 g/mol. The fourth-order valence-electron chi connectivity index (χ4n) is 3.12. The number of nitrogens with zero attached hydrogens (tertiary/aromatic N) is 4. The largest absolute Gasteiger partial charge is 0.417 e. The van der Waals surface area contributed by atoms with Crippen LogP contribution in [-0.4, -0.2) is 15.0 Å². The van der Waals surface area contributed by atoms with E-state index in [0.717, 1.165) is 24.4 Å². The zero-order valence-electron chi connectivity index (χ0n) is 18.0. The minimum absolute atomic E-state index is 0.0868. The molecule has 4 rings (SSSR count). The molecule has 2 N–H and O–H groups in total. The number of aryl methyl sites for hydroxylation is 1. The zero-order valence-corrected chi connectivity index (χ0v) is 18.0. The molecule has 2 heterocycles. The highest BCUT2D eigenvalue weighted by Gasteiger charge is 2.31. The number of nitriles is 1. The van der Waals surface area contributed by atoms with Crippen LogP contribution in [0.2, 0.25) is 0 Å². The van der Waals surface area contributed by atoms with E-state index < -0.39 is 29.1 Å². The highest BCUT2D eigenvalue weighted by atomic mass is 19.4. The van der Waals surface area contributed by atoms with Crippen molar-refractivity contribution in [2.45, 2.75) is 13.1 Å². The van der Waals surface area contributed by atoms with Gasteiger partial charge in [-0.3, -0.25) is 4.98 Å². The Hall–Kier alpha value is -4.59. The lowest BCUT2D eigenvalue weighted by Gasteiger charge is -2.14. The molecule has 0 aliphatic rings. The number of benzene rings is 2. The summed E-state index contributed by atoms with van der Waals surface area (Å²) in [5.74, 6) is -1.81. The van der Waals surface area contributed by atoms with Crippen molar-refractivity contribution >= 4 is 23.1 Å². The normalized spacial score (nSPS) is 11.1. The maximum Gasteiger partial charge on any atom is 0.417 e. The van der Waals surface area contributed by atoms with E-state index in [-0.39, 0.29) is 22.9 Å². The highest BCUT2D eigenvalue weighted by Crippen LogP contribution is 2.34. The van der Waals surface area contributed by atoms with E-state index in [4.69, 9.17) is 5.26 Å². The van der Waals surface area contributed by atoms with Crippen LogP contribution in [0.25, 0.3) is 11.1 Å². The molecule has 0 saturated heterocycles. The molecule has 2 aromatic carbocycles. The van der Waals surface area contributed by atoms with Gasteiger partial charge in [-0.15, -0.1) is 0 Å². The second-order valence-electron chi connectivity index (χ2n) is 7.44. The van der Waals surface area contributed by atoms with E-state index >= 15 is 0 Å². The molecule has 0 radical (unpaired) electrons. The van der Waals surface area contributed by atoms with Gasteiger partial charge in [0, 0.05) is 35.4 Å². The van der Waals surface area contributed by atoms with Gasteiger partial charge in [-0.05, 0) is 55.0 Å². The number of alkyl halides is 3. The molecule has 35 heavy (non-hydrogen) atoms. The molecule has 0 unspecified atom stereocenters. The Balaban J connectivity index is 1.61. The summed E-state index contributed by atoms with van der Waals surface area (Å²) in [5.41, 5.74) is -0.201. The number of anilines is 4. The van der Waals surface area contributed by atoms with E-state index in [9.17, 15) is 22.0 Å². The predicted molar refractivity (Wildman–Crippen MR) is 119 cm³/mol. The number of nitrogens with one attached hydrogen (secondary N) is 2. The van der Waals surface area contributed by atoms with Crippen LogP contribution in [0.3, 0.4) is 0 Å². The molecule has 0 aliphatic heterocycles. The lowest BCUT2D eigenvalue weighted by atomic mass is 10.0. The first-order valence-corrected chi connectivity index (χ1v) is 10.0. The molecule has 2 aromatic heterocycles. The van der Waals surface area contributed by atoms with Gasteiger partial charge in [-0.25, -0.2) is 13.8 Å². The number of hydrogen-bond acceptors (Lipinski definition) is 6. The minimum Gasteiger partial charge on any atom is -0.335 e. The van der Waals surface area contributed by atoms with Crippen molar-refractivity contribution in [3.63, 3.8) is 0 Å². The van der Waals surface area contributed by atoms with Crippen molar-refractivity contribution in [1.82, 2.24) is 15.0 Å². The maximum absolute atomic E-state index is 14.8. The van der Waals surface area contributed by atoms with Crippen molar-refractivity contribution in [1.29, 1.82) is 5.26 Å². The molecular weight excluding hydrogens is 467 g/mol. The van der Waals surface area contributed by atoms with Crippen molar-refractivity contribution in [3.05, 3.63) is 89.4 Å². The van der Waals surface area contributed by atoms with Crippen LogP contribution in [0, 0.1) is 29.9 Å². The summed E-state index contributed by atoms with van der Waals surface area (Å²) in [4.78, 5) is 11.9. The summed E-state index contributed by atoms with van der Waals surface area (Å²) < 4.78 is 68.6. The molecule has 0 saturated carbocycles.